The van der Waals surface area contributed by atoms with Gasteiger partial charge in [0, 0.05) is 0 Å². The van der Waals surface area contributed by atoms with Gasteiger partial charge in [0.25, 0.3) is 5.91 Å². The molecule has 0 spiro atoms. The van der Waals surface area contributed by atoms with Gasteiger partial charge in [-0.3, -0.25) is 4.79 Å². The molecule has 0 aliphatic heterocycles. The lowest BCUT2D eigenvalue weighted by molar-refractivity contribution is 0.0939. The molecule has 0 saturated heterocycles. The summed E-state index contributed by atoms with van der Waals surface area (Å²) in [5.41, 5.74) is 3.00. The van der Waals surface area contributed by atoms with Gasteiger partial charge in [-0.1, -0.05) is 24.3 Å². The summed E-state index contributed by atoms with van der Waals surface area (Å²) in [6.07, 6.45) is 4.58. The zero-order valence-electron chi connectivity index (χ0n) is 14.5. The van der Waals surface area contributed by atoms with Crippen LogP contribution in [0.3, 0.4) is 0 Å². The fourth-order valence-corrected chi connectivity index (χ4v) is 2.75. The van der Waals surface area contributed by atoms with E-state index in [2.05, 4.69) is 30.9 Å². The van der Waals surface area contributed by atoms with Crippen LogP contribution in [0.2, 0.25) is 0 Å². The van der Waals surface area contributed by atoms with Crippen molar-refractivity contribution in [3.63, 3.8) is 0 Å². The Kier molecular flexibility index (Phi) is 4.40. The Bertz CT molecular complexity index is 1030. The van der Waals surface area contributed by atoms with Crippen LogP contribution in [0.1, 0.15) is 28.9 Å². The third kappa shape index (κ3) is 3.43. The van der Waals surface area contributed by atoms with Crippen molar-refractivity contribution in [1.82, 2.24) is 40.3 Å². The Morgan fingerprint density at radius 2 is 1.85 bits per heavy atom. The summed E-state index contributed by atoms with van der Waals surface area (Å²) in [7, 11) is 0. The maximum absolute atomic E-state index is 12.8. The highest BCUT2D eigenvalue weighted by Crippen LogP contribution is 2.18. The molecule has 0 aliphatic carbocycles. The van der Waals surface area contributed by atoms with Crippen molar-refractivity contribution in [3.8, 4) is 11.4 Å². The molecule has 2 aromatic heterocycles. The Morgan fingerprint density at radius 3 is 2.56 bits per heavy atom. The summed E-state index contributed by atoms with van der Waals surface area (Å²) in [4.78, 5) is 16.7. The maximum atomic E-state index is 12.8. The maximum Gasteiger partial charge on any atom is 0.253 e. The van der Waals surface area contributed by atoms with E-state index in [4.69, 9.17) is 0 Å². The minimum Gasteiger partial charge on any atom is -0.345 e. The molecule has 2 heterocycles. The van der Waals surface area contributed by atoms with Crippen LogP contribution in [-0.4, -0.2) is 40.9 Å². The smallest absolute Gasteiger partial charge is 0.253 e. The number of nitrogens with zero attached hydrogens (tertiary/aromatic N) is 7. The minimum atomic E-state index is -0.200. The summed E-state index contributed by atoms with van der Waals surface area (Å²) in [6.45, 7) is 1.93. The molecule has 0 fully saturated rings. The molecular weight excluding hydrogens is 344 g/mol. The Hall–Kier alpha value is -3.88. The quantitative estimate of drug-likeness (QED) is 0.581. The number of para-hydroxylation sites is 1. The highest BCUT2D eigenvalue weighted by atomic mass is 16.1. The highest BCUT2D eigenvalue weighted by Gasteiger charge is 2.16. The van der Waals surface area contributed by atoms with E-state index in [0.29, 0.717) is 11.3 Å². The SMILES string of the molecule is CC(NC(=O)c1ccccc1-n1cnnn1)c1ccc(-n2cncn2)cc1. The van der Waals surface area contributed by atoms with Crippen LogP contribution < -0.4 is 5.32 Å². The van der Waals surface area contributed by atoms with Crippen molar-refractivity contribution in [1.29, 1.82) is 0 Å². The monoisotopic (exact) mass is 360 g/mol. The van der Waals surface area contributed by atoms with Gasteiger partial charge in [-0.15, -0.1) is 5.10 Å². The second-order valence-corrected chi connectivity index (χ2v) is 5.90. The zero-order valence-corrected chi connectivity index (χ0v) is 14.5. The number of rotatable bonds is 5. The summed E-state index contributed by atoms with van der Waals surface area (Å²) < 4.78 is 3.14. The fourth-order valence-electron chi connectivity index (χ4n) is 2.75. The first kappa shape index (κ1) is 16.6. The molecule has 0 aliphatic rings. The number of aromatic nitrogens is 7. The molecule has 2 aromatic carbocycles. The van der Waals surface area contributed by atoms with Crippen molar-refractivity contribution in [2.24, 2.45) is 0 Å². The molecule has 9 nitrogen and oxygen atoms in total. The topological polar surface area (TPSA) is 103 Å². The normalized spacial score (nSPS) is 11.9. The van der Waals surface area contributed by atoms with Crippen LogP contribution in [0.15, 0.2) is 67.5 Å². The number of tetrazole rings is 1. The van der Waals surface area contributed by atoms with E-state index in [9.17, 15) is 4.79 Å². The molecule has 134 valence electrons. The van der Waals surface area contributed by atoms with E-state index in [0.717, 1.165) is 11.3 Å². The first-order chi connectivity index (χ1) is 13.2. The van der Waals surface area contributed by atoms with Crippen LogP contribution >= 0.6 is 0 Å². The Morgan fingerprint density at radius 1 is 1.04 bits per heavy atom. The van der Waals surface area contributed by atoms with Crippen molar-refractivity contribution in [2.75, 3.05) is 0 Å². The summed E-state index contributed by atoms with van der Waals surface area (Å²) in [5, 5.41) is 18.2. The molecule has 4 rings (SSSR count). The van der Waals surface area contributed by atoms with Gasteiger partial charge in [0.15, 0.2) is 0 Å². The number of amides is 1. The van der Waals surface area contributed by atoms with E-state index in [-0.39, 0.29) is 11.9 Å². The van der Waals surface area contributed by atoms with Crippen LogP contribution in [0.4, 0.5) is 0 Å². The van der Waals surface area contributed by atoms with Gasteiger partial charge in [-0.05, 0) is 47.2 Å². The average molecular weight is 360 g/mol. The van der Waals surface area contributed by atoms with E-state index < -0.39 is 0 Å². The predicted octanol–water partition coefficient (Wildman–Crippen LogP) is 1.73. The molecule has 0 radical (unpaired) electrons. The van der Waals surface area contributed by atoms with Crippen LogP contribution in [0.5, 0.6) is 0 Å². The fraction of sp³-hybridized carbons (Fsp3) is 0.111. The van der Waals surface area contributed by atoms with Gasteiger partial charge in [0.2, 0.25) is 0 Å². The molecule has 1 atom stereocenters. The predicted molar refractivity (Wildman–Crippen MR) is 96.4 cm³/mol. The highest BCUT2D eigenvalue weighted by molar-refractivity contribution is 5.97. The van der Waals surface area contributed by atoms with Gasteiger partial charge in [0.05, 0.1) is 23.0 Å². The van der Waals surface area contributed by atoms with Crippen LogP contribution in [-0.2, 0) is 0 Å². The lowest BCUT2D eigenvalue weighted by Crippen LogP contribution is -2.27. The Balaban J connectivity index is 1.52. The van der Waals surface area contributed by atoms with Gasteiger partial charge in [0.1, 0.15) is 19.0 Å². The molecule has 27 heavy (non-hydrogen) atoms. The van der Waals surface area contributed by atoms with Crippen molar-refractivity contribution in [3.05, 3.63) is 78.6 Å². The van der Waals surface area contributed by atoms with E-state index in [1.807, 2.05) is 37.3 Å². The third-order valence-electron chi connectivity index (χ3n) is 4.17. The van der Waals surface area contributed by atoms with Gasteiger partial charge in [-0.25, -0.2) is 9.67 Å². The van der Waals surface area contributed by atoms with Gasteiger partial charge < -0.3 is 5.32 Å². The van der Waals surface area contributed by atoms with Gasteiger partial charge in [-0.2, -0.15) is 9.78 Å². The molecule has 0 saturated carbocycles. The van der Waals surface area contributed by atoms with Crippen LogP contribution in [0, 0.1) is 0 Å². The molecule has 1 N–H and O–H groups in total. The zero-order chi connectivity index (χ0) is 18.6. The van der Waals surface area contributed by atoms with E-state index >= 15 is 0 Å². The molecule has 1 unspecified atom stereocenters. The summed E-state index contributed by atoms with van der Waals surface area (Å²) in [5.74, 6) is -0.200. The summed E-state index contributed by atoms with van der Waals surface area (Å²) >= 11 is 0. The number of nitrogens with one attached hydrogen (secondary N) is 1. The van der Waals surface area contributed by atoms with Crippen molar-refractivity contribution >= 4 is 5.91 Å². The number of hydrogen-bond acceptors (Lipinski definition) is 6. The number of carbonyl (C=O) groups is 1. The number of hydrogen-bond donors (Lipinski definition) is 1. The molecule has 1 amide bonds. The third-order valence-corrected chi connectivity index (χ3v) is 4.17. The van der Waals surface area contributed by atoms with E-state index in [1.54, 1.807) is 29.2 Å². The molecule has 9 heteroatoms. The van der Waals surface area contributed by atoms with Crippen molar-refractivity contribution in [2.45, 2.75) is 13.0 Å². The second kappa shape index (κ2) is 7.16. The van der Waals surface area contributed by atoms with Gasteiger partial charge >= 0.3 is 0 Å². The lowest BCUT2D eigenvalue weighted by atomic mass is 10.1. The molecule has 0 bridgehead atoms. The molecule has 4 aromatic rings. The largest absolute Gasteiger partial charge is 0.345 e. The first-order valence-electron chi connectivity index (χ1n) is 8.30. The number of benzene rings is 2. The second-order valence-electron chi connectivity index (χ2n) is 5.90. The van der Waals surface area contributed by atoms with Crippen molar-refractivity contribution < 1.29 is 4.79 Å². The summed E-state index contributed by atoms with van der Waals surface area (Å²) in [6, 6.07) is 14.8. The Labute approximate surface area is 154 Å². The van der Waals surface area contributed by atoms with Crippen LogP contribution in [0.25, 0.3) is 11.4 Å². The lowest BCUT2D eigenvalue weighted by Gasteiger charge is -2.16. The molecular formula is C18H16N8O. The first-order valence-corrected chi connectivity index (χ1v) is 8.30. The van der Waals surface area contributed by atoms with E-state index in [1.165, 1.54) is 17.3 Å². The minimum absolute atomic E-state index is 0.177. The average Bonchev–Trinajstić information content (AvgIpc) is 3.42. The standard InChI is InChI=1S/C18H16N8O/c1-13(14-6-8-15(9-7-14)25-11-19-10-21-25)22-18(27)16-4-2-3-5-17(16)26-12-20-23-24-26/h2-13H,1H3,(H,22,27). The number of carbonyl (C=O) groups excluding carboxylic acids is 1.